The van der Waals surface area contributed by atoms with Crippen LogP contribution in [0.5, 0.6) is 0 Å². The van der Waals surface area contributed by atoms with Gasteiger partial charge in [0.1, 0.15) is 11.2 Å². The minimum absolute atomic E-state index is 0.489. The highest BCUT2D eigenvalue weighted by Gasteiger charge is 2.17. The van der Waals surface area contributed by atoms with Crippen molar-refractivity contribution >= 4 is 45.7 Å². The summed E-state index contributed by atoms with van der Waals surface area (Å²) >= 11 is 0. The average molecular weight is 694 g/mol. The Morgan fingerprint density at radius 2 is 1.22 bits per heavy atom. The Hall–Kier alpha value is -7.24. The lowest BCUT2D eigenvalue weighted by Crippen LogP contribution is -2.00. The molecule has 0 aliphatic carbocycles. The Kier molecular flexibility index (Phi) is 8.71. The van der Waals surface area contributed by atoms with Gasteiger partial charge >= 0.3 is 0 Å². The normalized spacial score (nSPS) is 12.1. The first-order chi connectivity index (χ1) is 26.7. The van der Waals surface area contributed by atoms with Crippen LogP contribution in [0, 0.1) is 0 Å². The van der Waals surface area contributed by atoms with Gasteiger partial charge in [-0.15, -0.1) is 0 Å². The number of benzene rings is 6. The second kappa shape index (κ2) is 14.4. The fourth-order valence-electron chi connectivity index (χ4n) is 7.10. The zero-order chi connectivity index (χ0) is 36.3. The number of allylic oxidation sites excluding steroid dienone is 1. The molecule has 0 aliphatic heterocycles. The van der Waals surface area contributed by atoms with E-state index >= 15 is 0 Å². The molecule has 0 N–H and O–H groups in total. The second-order valence-electron chi connectivity index (χ2n) is 13.2. The summed E-state index contributed by atoms with van der Waals surface area (Å²) < 4.78 is 2.14. The van der Waals surface area contributed by atoms with Gasteiger partial charge in [-0.3, -0.25) is 14.4 Å². The van der Waals surface area contributed by atoms with Crippen molar-refractivity contribution in [2.24, 2.45) is 9.98 Å². The lowest BCUT2D eigenvalue weighted by molar-refractivity contribution is 1.07. The third kappa shape index (κ3) is 6.40. The molecule has 5 nitrogen and oxygen atoms in total. The summed E-state index contributed by atoms with van der Waals surface area (Å²) in [5, 5.41) is 1.05. The first-order valence-corrected chi connectivity index (χ1v) is 18.0. The van der Waals surface area contributed by atoms with Crippen molar-refractivity contribution < 1.29 is 0 Å². The largest absolute Gasteiger partial charge is 0.298 e. The van der Waals surface area contributed by atoms with Gasteiger partial charge in [-0.05, 0) is 77.0 Å². The molecule has 9 aromatic rings. The van der Waals surface area contributed by atoms with Crippen molar-refractivity contribution in [1.29, 1.82) is 0 Å². The number of pyridine rings is 2. The Balaban J connectivity index is 1.10. The van der Waals surface area contributed by atoms with Crippen LogP contribution in [0.4, 0.5) is 0 Å². The number of aliphatic imine (C=N–C) groups is 2. The molecule has 0 radical (unpaired) electrons. The Morgan fingerprint density at radius 3 is 2.06 bits per heavy atom. The number of rotatable bonds is 9. The van der Waals surface area contributed by atoms with Crippen LogP contribution in [-0.2, 0) is 6.54 Å². The third-order valence-corrected chi connectivity index (χ3v) is 9.75. The summed E-state index contributed by atoms with van der Waals surface area (Å²) in [7, 11) is 0. The molecule has 5 heteroatoms. The molecule has 0 amide bonds. The minimum atomic E-state index is 0.489. The first-order valence-electron chi connectivity index (χ1n) is 18.0. The summed E-state index contributed by atoms with van der Waals surface area (Å²) in [6.45, 7) is 4.39. The van der Waals surface area contributed by atoms with E-state index in [0.29, 0.717) is 6.54 Å². The number of hydrogen-bond acceptors (Lipinski definition) is 4. The molecule has 6 aromatic carbocycles. The van der Waals surface area contributed by atoms with Gasteiger partial charge in [0.15, 0.2) is 0 Å². The maximum Gasteiger partial charge on any atom is 0.137 e. The highest BCUT2D eigenvalue weighted by molar-refractivity contribution is 6.13. The Morgan fingerprint density at radius 1 is 0.574 bits per heavy atom. The maximum absolute atomic E-state index is 5.23. The fourth-order valence-corrected chi connectivity index (χ4v) is 7.10. The zero-order valence-electron chi connectivity index (χ0n) is 29.5. The predicted octanol–water partition coefficient (Wildman–Crippen LogP) is 11.8. The van der Waals surface area contributed by atoms with Crippen LogP contribution in [0.2, 0.25) is 0 Å². The van der Waals surface area contributed by atoms with Crippen LogP contribution in [0.1, 0.15) is 16.7 Å². The van der Waals surface area contributed by atoms with Crippen LogP contribution in [0.15, 0.2) is 198 Å². The number of nitrogens with zero attached hydrogens (tertiary/aromatic N) is 5. The number of para-hydroxylation sites is 1. The molecule has 0 fully saturated rings. The molecule has 3 heterocycles. The summed E-state index contributed by atoms with van der Waals surface area (Å²) in [5.41, 5.74) is 14.9. The quantitative estimate of drug-likeness (QED) is 0.141. The summed E-state index contributed by atoms with van der Waals surface area (Å²) in [5.74, 6) is 0. The standard InChI is InChI=1S/C49H35N5/c1-50-44(36-18-6-3-7-19-36)32-45(40-23-13-21-38(30-40)35-16-4-2-5-17-35)51-33-34-15-12-20-37(29-34)39-22-14-24-41(31-39)47-49-48(42-25-8-9-26-43(42)52-47)53-46-27-10-11-28-54(46)49/h2-32H,1,33H2/b44-32-,51-45+. The van der Waals surface area contributed by atoms with Crippen molar-refractivity contribution in [3.63, 3.8) is 0 Å². The van der Waals surface area contributed by atoms with Gasteiger partial charge in [0.2, 0.25) is 0 Å². The molecule has 0 saturated heterocycles. The highest BCUT2D eigenvalue weighted by Crippen LogP contribution is 2.35. The highest BCUT2D eigenvalue weighted by atomic mass is 15.0. The van der Waals surface area contributed by atoms with Gasteiger partial charge in [-0.25, -0.2) is 9.97 Å². The molecule has 0 unspecified atom stereocenters. The number of hydrogen-bond donors (Lipinski definition) is 0. The van der Waals surface area contributed by atoms with E-state index in [9.17, 15) is 0 Å². The fraction of sp³-hybridized carbons (Fsp3) is 0.0204. The monoisotopic (exact) mass is 693 g/mol. The van der Waals surface area contributed by atoms with Crippen LogP contribution < -0.4 is 0 Å². The van der Waals surface area contributed by atoms with E-state index in [-0.39, 0.29) is 0 Å². The molecule has 0 bridgehead atoms. The van der Waals surface area contributed by atoms with Crippen molar-refractivity contribution in [3.8, 4) is 33.5 Å². The van der Waals surface area contributed by atoms with E-state index in [2.05, 4.69) is 132 Å². The minimum Gasteiger partial charge on any atom is -0.298 e. The van der Waals surface area contributed by atoms with Crippen molar-refractivity contribution in [2.45, 2.75) is 6.54 Å². The lowest BCUT2D eigenvalue weighted by Gasteiger charge is -2.11. The van der Waals surface area contributed by atoms with E-state index in [1.54, 1.807) is 0 Å². The SMILES string of the molecule is C=N/C(=C\C(=N/Cc1cccc(-c2cccc(-c3nc4ccccc4c4nc5ccccn5c34)c2)c1)c1cccc(-c2ccccc2)c1)c1ccccc1. The Labute approximate surface area is 314 Å². The van der Waals surface area contributed by atoms with E-state index in [4.69, 9.17) is 15.0 Å². The number of imidazole rings is 1. The molecule has 54 heavy (non-hydrogen) atoms. The number of fused-ring (bicyclic) bond motifs is 5. The van der Waals surface area contributed by atoms with E-state index in [1.165, 1.54) is 0 Å². The van der Waals surface area contributed by atoms with Crippen LogP contribution in [0.3, 0.4) is 0 Å². The molecule has 3 aromatic heterocycles. The van der Waals surface area contributed by atoms with E-state index in [0.717, 1.165) is 89.2 Å². The maximum atomic E-state index is 5.23. The van der Waals surface area contributed by atoms with Gasteiger partial charge < -0.3 is 0 Å². The lowest BCUT2D eigenvalue weighted by atomic mass is 9.98. The smallest absolute Gasteiger partial charge is 0.137 e. The first kappa shape index (κ1) is 32.7. The number of aromatic nitrogens is 3. The Bertz CT molecular complexity index is 2870. The van der Waals surface area contributed by atoms with Gasteiger partial charge in [0.25, 0.3) is 0 Å². The van der Waals surface area contributed by atoms with Gasteiger partial charge in [-0.2, -0.15) is 0 Å². The third-order valence-electron chi connectivity index (χ3n) is 9.75. The van der Waals surface area contributed by atoms with E-state index < -0.39 is 0 Å². The van der Waals surface area contributed by atoms with Crippen molar-refractivity contribution in [3.05, 3.63) is 205 Å². The molecule has 9 rings (SSSR count). The summed E-state index contributed by atoms with van der Waals surface area (Å²) in [6, 6.07) is 60.7. The van der Waals surface area contributed by atoms with Crippen LogP contribution in [-0.4, -0.2) is 26.8 Å². The molecule has 0 spiro atoms. The van der Waals surface area contributed by atoms with Crippen LogP contribution >= 0.6 is 0 Å². The zero-order valence-corrected chi connectivity index (χ0v) is 29.5. The second-order valence-corrected chi connectivity index (χ2v) is 13.2. The molecule has 0 aliphatic rings. The molecule has 256 valence electrons. The molecule has 0 atom stereocenters. The molecular weight excluding hydrogens is 659 g/mol. The van der Waals surface area contributed by atoms with Gasteiger partial charge in [0, 0.05) is 28.3 Å². The van der Waals surface area contributed by atoms with Crippen molar-refractivity contribution in [2.75, 3.05) is 0 Å². The van der Waals surface area contributed by atoms with Crippen molar-refractivity contribution in [1.82, 2.24) is 14.4 Å². The van der Waals surface area contributed by atoms with E-state index in [1.807, 2.05) is 72.8 Å². The topological polar surface area (TPSA) is 54.9 Å². The predicted molar refractivity (Wildman–Crippen MR) is 225 cm³/mol. The van der Waals surface area contributed by atoms with Gasteiger partial charge in [0.05, 0.1) is 34.7 Å². The van der Waals surface area contributed by atoms with Gasteiger partial charge in [-0.1, -0.05) is 140 Å². The molecular formula is C49H35N5. The average Bonchev–Trinajstić information content (AvgIpc) is 3.64. The summed E-state index contributed by atoms with van der Waals surface area (Å²) in [6.07, 6.45) is 4.10. The summed E-state index contributed by atoms with van der Waals surface area (Å²) in [4.78, 5) is 19.9. The molecule has 0 saturated carbocycles. The van der Waals surface area contributed by atoms with Crippen LogP contribution in [0.25, 0.3) is 66.8 Å².